The molecular formula is C24H18N4. The van der Waals surface area contributed by atoms with E-state index >= 15 is 0 Å². The summed E-state index contributed by atoms with van der Waals surface area (Å²) in [4.78, 5) is 13.2. The predicted octanol–water partition coefficient (Wildman–Crippen LogP) is 5.46. The number of benzene rings is 3. The van der Waals surface area contributed by atoms with Gasteiger partial charge < -0.3 is 4.57 Å². The van der Waals surface area contributed by atoms with Crippen molar-refractivity contribution < 1.29 is 0 Å². The van der Waals surface area contributed by atoms with E-state index < -0.39 is 0 Å². The standard InChI is InChI=1S/C24H18N4/c1-17-13-19(7-9-21(17)18-5-3-2-4-6-18)24-22-10-8-20(28-12-11-25-16-28)14-23(22)26-15-27-24/h2-16H,1H3. The lowest BCUT2D eigenvalue weighted by Gasteiger charge is -2.11. The van der Waals surface area contributed by atoms with Crippen molar-refractivity contribution in [3.63, 3.8) is 0 Å². The Kier molecular flexibility index (Phi) is 3.95. The quantitative estimate of drug-likeness (QED) is 0.428. The van der Waals surface area contributed by atoms with Gasteiger partial charge in [0.15, 0.2) is 0 Å². The Morgan fingerprint density at radius 1 is 0.821 bits per heavy atom. The maximum absolute atomic E-state index is 4.58. The highest BCUT2D eigenvalue weighted by Crippen LogP contribution is 2.31. The summed E-state index contributed by atoms with van der Waals surface area (Å²) < 4.78 is 1.97. The van der Waals surface area contributed by atoms with Gasteiger partial charge in [-0.05, 0) is 47.9 Å². The van der Waals surface area contributed by atoms with E-state index in [9.17, 15) is 0 Å². The van der Waals surface area contributed by atoms with Crippen LogP contribution in [0.1, 0.15) is 5.56 Å². The van der Waals surface area contributed by atoms with Gasteiger partial charge in [0.2, 0.25) is 0 Å². The molecule has 5 rings (SSSR count). The molecule has 0 radical (unpaired) electrons. The van der Waals surface area contributed by atoms with E-state index in [1.54, 1.807) is 18.9 Å². The molecule has 0 N–H and O–H groups in total. The molecule has 2 heterocycles. The molecule has 0 amide bonds. The summed E-state index contributed by atoms with van der Waals surface area (Å²) >= 11 is 0. The fourth-order valence-corrected chi connectivity index (χ4v) is 3.60. The number of imidazole rings is 1. The first-order valence-electron chi connectivity index (χ1n) is 9.19. The lowest BCUT2D eigenvalue weighted by molar-refractivity contribution is 1.06. The van der Waals surface area contributed by atoms with Crippen molar-refractivity contribution in [3.8, 4) is 28.1 Å². The van der Waals surface area contributed by atoms with Crippen LogP contribution >= 0.6 is 0 Å². The normalized spacial score (nSPS) is 11.0. The average molecular weight is 362 g/mol. The monoisotopic (exact) mass is 362 g/mol. The summed E-state index contributed by atoms with van der Waals surface area (Å²) in [7, 11) is 0. The summed E-state index contributed by atoms with van der Waals surface area (Å²) in [6.07, 6.45) is 7.12. The number of nitrogens with zero attached hydrogens (tertiary/aromatic N) is 4. The van der Waals surface area contributed by atoms with Crippen LogP contribution in [0.25, 0.3) is 39.0 Å². The van der Waals surface area contributed by atoms with Crippen molar-refractivity contribution in [1.29, 1.82) is 0 Å². The van der Waals surface area contributed by atoms with Crippen molar-refractivity contribution in [1.82, 2.24) is 19.5 Å². The molecule has 28 heavy (non-hydrogen) atoms. The van der Waals surface area contributed by atoms with Gasteiger partial charge in [-0.25, -0.2) is 15.0 Å². The Balaban J connectivity index is 1.60. The number of hydrogen-bond donors (Lipinski definition) is 0. The minimum absolute atomic E-state index is 0.918. The van der Waals surface area contributed by atoms with Gasteiger partial charge in [0.1, 0.15) is 6.33 Å². The molecule has 0 saturated heterocycles. The van der Waals surface area contributed by atoms with Crippen LogP contribution in [0, 0.1) is 6.92 Å². The van der Waals surface area contributed by atoms with Crippen molar-refractivity contribution in [2.75, 3.05) is 0 Å². The summed E-state index contributed by atoms with van der Waals surface area (Å²) in [5, 5.41) is 1.04. The highest BCUT2D eigenvalue weighted by atomic mass is 15.0. The first kappa shape index (κ1) is 16.4. The number of fused-ring (bicyclic) bond motifs is 1. The van der Waals surface area contributed by atoms with Crippen molar-refractivity contribution in [2.24, 2.45) is 0 Å². The van der Waals surface area contributed by atoms with Gasteiger partial charge >= 0.3 is 0 Å². The minimum atomic E-state index is 0.918. The molecule has 3 aromatic carbocycles. The lowest BCUT2D eigenvalue weighted by atomic mass is 9.96. The molecule has 0 fully saturated rings. The number of aryl methyl sites for hydroxylation is 1. The fraction of sp³-hybridized carbons (Fsp3) is 0.0417. The Bertz CT molecular complexity index is 1260. The predicted molar refractivity (Wildman–Crippen MR) is 112 cm³/mol. The molecule has 0 aliphatic rings. The highest BCUT2D eigenvalue weighted by Gasteiger charge is 2.10. The van der Waals surface area contributed by atoms with E-state index in [1.165, 1.54) is 16.7 Å². The van der Waals surface area contributed by atoms with Gasteiger partial charge in [0.05, 0.1) is 17.5 Å². The second-order valence-electron chi connectivity index (χ2n) is 6.79. The van der Waals surface area contributed by atoms with Crippen LogP contribution < -0.4 is 0 Å². The van der Waals surface area contributed by atoms with Crippen LogP contribution in [-0.4, -0.2) is 19.5 Å². The Labute approximate surface area is 163 Å². The van der Waals surface area contributed by atoms with E-state index in [-0.39, 0.29) is 0 Å². The smallest absolute Gasteiger partial charge is 0.116 e. The van der Waals surface area contributed by atoms with E-state index in [4.69, 9.17) is 0 Å². The van der Waals surface area contributed by atoms with Crippen LogP contribution in [0.3, 0.4) is 0 Å². The zero-order valence-corrected chi connectivity index (χ0v) is 15.4. The minimum Gasteiger partial charge on any atom is -0.306 e. The van der Waals surface area contributed by atoms with E-state index in [1.807, 2.05) is 16.8 Å². The third-order valence-corrected chi connectivity index (χ3v) is 5.01. The van der Waals surface area contributed by atoms with Crippen LogP contribution in [0.4, 0.5) is 0 Å². The third-order valence-electron chi connectivity index (χ3n) is 5.01. The van der Waals surface area contributed by atoms with E-state index in [0.717, 1.165) is 27.8 Å². The largest absolute Gasteiger partial charge is 0.306 e. The highest BCUT2D eigenvalue weighted by molar-refractivity contribution is 5.93. The van der Waals surface area contributed by atoms with Gasteiger partial charge in [-0.2, -0.15) is 0 Å². The van der Waals surface area contributed by atoms with Crippen LogP contribution in [-0.2, 0) is 0 Å². The van der Waals surface area contributed by atoms with Gasteiger partial charge in [0, 0.05) is 29.0 Å². The van der Waals surface area contributed by atoms with Gasteiger partial charge in [-0.1, -0.05) is 42.5 Å². The summed E-state index contributed by atoms with van der Waals surface area (Å²) in [5.41, 5.74) is 7.69. The number of hydrogen-bond acceptors (Lipinski definition) is 3. The number of rotatable bonds is 3. The maximum atomic E-state index is 4.58. The van der Waals surface area contributed by atoms with Crippen LogP contribution in [0.15, 0.2) is 91.8 Å². The van der Waals surface area contributed by atoms with Crippen molar-refractivity contribution in [2.45, 2.75) is 6.92 Å². The fourth-order valence-electron chi connectivity index (χ4n) is 3.60. The lowest BCUT2D eigenvalue weighted by Crippen LogP contribution is -1.94. The molecule has 0 spiro atoms. The summed E-state index contributed by atoms with van der Waals surface area (Å²) in [6, 6.07) is 23.2. The topological polar surface area (TPSA) is 43.6 Å². The van der Waals surface area contributed by atoms with Gasteiger partial charge in [0.25, 0.3) is 0 Å². The van der Waals surface area contributed by atoms with Crippen molar-refractivity contribution >= 4 is 10.9 Å². The molecule has 0 aliphatic heterocycles. The second kappa shape index (κ2) is 6.74. The first-order chi connectivity index (χ1) is 13.8. The van der Waals surface area contributed by atoms with Gasteiger partial charge in [-0.3, -0.25) is 0 Å². The molecule has 134 valence electrons. The molecule has 4 heteroatoms. The first-order valence-corrected chi connectivity index (χ1v) is 9.19. The molecule has 5 aromatic rings. The Morgan fingerprint density at radius 2 is 1.71 bits per heavy atom. The summed E-state index contributed by atoms with van der Waals surface area (Å²) in [5.74, 6) is 0. The second-order valence-corrected chi connectivity index (χ2v) is 6.79. The molecule has 0 atom stereocenters. The van der Waals surface area contributed by atoms with E-state index in [0.29, 0.717) is 0 Å². The average Bonchev–Trinajstić information content (AvgIpc) is 3.28. The van der Waals surface area contributed by atoms with Crippen LogP contribution in [0.2, 0.25) is 0 Å². The third kappa shape index (κ3) is 2.85. The van der Waals surface area contributed by atoms with Gasteiger partial charge in [-0.15, -0.1) is 0 Å². The Morgan fingerprint density at radius 3 is 2.50 bits per heavy atom. The Hall–Kier alpha value is -3.79. The molecular weight excluding hydrogens is 344 g/mol. The summed E-state index contributed by atoms with van der Waals surface area (Å²) in [6.45, 7) is 2.15. The molecule has 4 nitrogen and oxygen atoms in total. The molecule has 2 aromatic heterocycles. The maximum Gasteiger partial charge on any atom is 0.116 e. The van der Waals surface area contributed by atoms with E-state index in [2.05, 4.69) is 82.5 Å². The SMILES string of the molecule is Cc1cc(-c2ncnc3cc(-n4ccnc4)ccc23)ccc1-c1ccccc1. The van der Waals surface area contributed by atoms with Crippen molar-refractivity contribution in [3.05, 3.63) is 97.3 Å². The zero-order valence-electron chi connectivity index (χ0n) is 15.4. The molecule has 0 aliphatic carbocycles. The molecule has 0 bridgehead atoms. The van der Waals surface area contributed by atoms with Crippen LogP contribution in [0.5, 0.6) is 0 Å². The zero-order chi connectivity index (χ0) is 18.9. The number of aromatic nitrogens is 4. The molecule has 0 unspecified atom stereocenters. The molecule has 0 saturated carbocycles.